The van der Waals surface area contributed by atoms with Gasteiger partial charge in [0.25, 0.3) is 0 Å². The zero-order valence-electron chi connectivity index (χ0n) is 6.40. The molecule has 13 heavy (non-hydrogen) atoms. The van der Waals surface area contributed by atoms with Crippen molar-refractivity contribution in [1.29, 1.82) is 0 Å². The van der Waals surface area contributed by atoms with Gasteiger partial charge in [0.2, 0.25) is 0 Å². The summed E-state index contributed by atoms with van der Waals surface area (Å²) in [5, 5.41) is 0. The fourth-order valence-electron chi connectivity index (χ4n) is 0.802. The molecule has 2 nitrogen and oxygen atoms in total. The maximum absolute atomic E-state index is 12.5. The smallest absolute Gasteiger partial charge is 0.394 e. The van der Waals surface area contributed by atoms with Gasteiger partial charge < -0.3 is 5.73 Å². The van der Waals surface area contributed by atoms with Gasteiger partial charge in [-0.3, -0.25) is 4.98 Å². The predicted octanol–water partition coefficient (Wildman–Crippen LogP) is 1.91. The van der Waals surface area contributed by atoms with E-state index in [1.807, 2.05) is 0 Å². The maximum atomic E-state index is 12.5. The van der Waals surface area contributed by atoms with Gasteiger partial charge >= 0.3 is 6.18 Å². The lowest BCUT2D eigenvalue weighted by atomic mass is 10.2. The molecule has 0 aromatic carbocycles. The summed E-state index contributed by atoms with van der Waals surface area (Å²) in [6, 6.07) is 0.878. The van der Waals surface area contributed by atoms with Crippen LogP contribution < -0.4 is 5.73 Å². The van der Waals surface area contributed by atoms with Crippen LogP contribution >= 0.6 is 0 Å². The number of nitrogens with zero attached hydrogens (tertiary/aromatic N) is 1. The van der Waals surface area contributed by atoms with Gasteiger partial charge in [-0.05, 0) is 6.07 Å². The Kier molecular flexibility index (Phi) is 2.40. The van der Waals surface area contributed by atoms with Crippen molar-refractivity contribution < 1.29 is 17.6 Å². The van der Waals surface area contributed by atoms with E-state index >= 15 is 0 Å². The predicted molar refractivity (Wildman–Crippen MR) is 38.4 cm³/mol. The highest BCUT2D eigenvalue weighted by molar-refractivity contribution is 5.39. The number of halogens is 4. The van der Waals surface area contributed by atoms with Crippen molar-refractivity contribution in [2.24, 2.45) is 0 Å². The summed E-state index contributed by atoms with van der Waals surface area (Å²) in [6.45, 7) is 0. The molecule has 0 radical (unpaired) electrons. The molecule has 72 valence electrons. The summed E-state index contributed by atoms with van der Waals surface area (Å²) in [5.41, 5.74) is 4.45. The topological polar surface area (TPSA) is 38.9 Å². The molecule has 2 N–H and O–H groups in total. The molecule has 0 unspecified atom stereocenters. The van der Waals surface area contributed by atoms with Crippen LogP contribution in [0.2, 0.25) is 0 Å². The molecular formula is C7H6F4N2. The fourth-order valence-corrected chi connectivity index (χ4v) is 0.802. The van der Waals surface area contributed by atoms with E-state index in [2.05, 4.69) is 4.98 Å². The average molecular weight is 194 g/mol. The number of aromatic nitrogens is 1. The minimum atomic E-state index is -4.35. The lowest BCUT2D eigenvalue weighted by Crippen LogP contribution is -2.13. The summed E-state index contributed by atoms with van der Waals surface area (Å²) in [4.78, 5) is 3.25. The Morgan fingerprint density at radius 2 is 2.00 bits per heavy atom. The molecule has 1 rings (SSSR count). The molecule has 0 saturated heterocycles. The van der Waals surface area contributed by atoms with Gasteiger partial charge in [0.1, 0.15) is 0 Å². The third-order valence-corrected chi connectivity index (χ3v) is 1.32. The number of hydrogen-bond donors (Lipinski definition) is 1. The zero-order valence-corrected chi connectivity index (χ0v) is 6.40. The van der Waals surface area contributed by atoms with Gasteiger partial charge in [-0.2, -0.15) is 13.2 Å². The lowest BCUT2D eigenvalue weighted by Gasteiger charge is -2.05. The third kappa shape index (κ3) is 2.89. The van der Waals surface area contributed by atoms with Crippen molar-refractivity contribution in [2.45, 2.75) is 12.6 Å². The number of nitrogen functional groups attached to an aromatic ring is 1. The van der Waals surface area contributed by atoms with Crippen LogP contribution in [0, 0.1) is 5.82 Å². The van der Waals surface area contributed by atoms with E-state index in [1.165, 1.54) is 0 Å². The molecule has 0 amide bonds. The van der Waals surface area contributed by atoms with E-state index in [9.17, 15) is 17.6 Å². The second kappa shape index (κ2) is 3.20. The van der Waals surface area contributed by atoms with Crippen LogP contribution in [0.4, 0.5) is 23.2 Å². The van der Waals surface area contributed by atoms with Crippen LogP contribution in [0.25, 0.3) is 0 Å². The zero-order chi connectivity index (χ0) is 10.1. The molecule has 1 heterocycles. The Morgan fingerprint density at radius 1 is 1.38 bits per heavy atom. The molecule has 0 bridgehead atoms. The third-order valence-electron chi connectivity index (χ3n) is 1.32. The van der Waals surface area contributed by atoms with Gasteiger partial charge in [0.15, 0.2) is 5.82 Å². The monoisotopic (exact) mass is 194 g/mol. The molecule has 1 aromatic heterocycles. The standard InChI is InChI=1S/C7H6F4N2/c8-5-3-13-4(1-6(5)12)2-7(9,10)11/h1,3H,2H2,(H2,12,13). The van der Waals surface area contributed by atoms with Crippen LogP contribution in [0.1, 0.15) is 5.69 Å². The number of pyridine rings is 1. The van der Waals surface area contributed by atoms with Gasteiger partial charge in [-0.1, -0.05) is 0 Å². The van der Waals surface area contributed by atoms with E-state index in [-0.39, 0.29) is 11.4 Å². The van der Waals surface area contributed by atoms with Crippen LogP contribution in [-0.4, -0.2) is 11.2 Å². The van der Waals surface area contributed by atoms with E-state index in [4.69, 9.17) is 5.73 Å². The van der Waals surface area contributed by atoms with Gasteiger partial charge in [0, 0.05) is 0 Å². The van der Waals surface area contributed by atoms with Gasteiger partial charge in [0.05, 0.1) is 24.0 Å². The highest BCUT2D eigenvalue weighted by atomic mass is 19.4. The quantitative estimate of drug-likeness (QED) is 0.693. The Hall–Kier alpha value is -1.33. The molecule has 6 heteroatoms. The second-order valence-electron chi connectivity index (χ2n) is 2.49. The average Bonchev–Trinajstić information content (AvgIpc) is 1.94. The summed E-state index contributed by atoms with van der Waals surface area (Å²) in [5.74, 6) is -0.814. The SMILES string of the molecule is Nc1cc(CC(F)(F)F)ncc1F. The van der Waals surface area contributed by atoms with Gasteiger partial charge in [-0.15, -0.1) is 0 Å². The van der Waals surface area contributed by atoms with Crippen molar-refractivity contribution in [3.63, 3.8) is 0 Å². The normalized spacial score (nSPS) is 11.7. The highest BCUT2D eigenvalue weighted by Gasteiger charge is 2.28. The first-order valence-electron chi connectivity index (χ1n) is 3.35. The molecule has 0 saturated carbocycles. The first kappa shape index (κ1) is 9.76. The summed E-state index contributed by atoms with van der Waals surface area (Å²) < 4.78 is 47.9. The first-order chi connectivity index (χ1) is 5.88. The molecular weight excluding hydrogens is 188 g/mol. The minimum absolute atomic E-state index is 0.286. The van der Waals surface area contributed by atoms with Crippen LogP contribution in [0.5, 0.6) is 0 Å². The summed E-state index contributed by atoms with van der Waals surface area (Å²) in [7, 11) is 0. The Morgan fingerprint density at radius 3 is 2.46 bits per heavy atom. The Bertz CT molecular complexity index is 308. The Balaban J connectivity index is 2.86. The fraction of sp³-hybridized carbons (Fsp3) is 0.286. The van der Waals surface area contributed by atoms with Crippen LogP contribution in [0.3, 0.4) is 0 Å². The van der Waals surface area contributed by atoms with Gasteiger partial charge in [-0.25, -0.2) is 4.39 Å². The lowest BCUT2D eigenvalue weighted by molar-refractivity contribution is -0.127. The molecule has 1 aromatic rings. The molecule has 0 spiro atoms. The highest BCUT2D eigenvalue weighted by Crippen LogP contribution is 2.21. The number of anilines is 1. The van der Waals surface area contributed by atoms with Crippen molar-refractivity contribution in [3.8, 4) is 0 Å². The number of rotatable bonds is 1. The Labute approximate surface area is 71.4 Å². The number of nitrogens with two attached hydrogens (primary N) is 1. The van der Waals surface area contributed by atoms with Crippen LogP contribution in [0.15, 0.2) is 12.3 Å². The van der Waals surface area contributed by atoms with E-state index in [0.717, 1.165) is 6.07 Å². The van der Waals surface area contributed by atoms with Crippen molar-refractivity contribution >= 4 is 5.69 Å². The summed E-state index contributed by atoms with van der Waals surface area (Å²) in [6.07, 6.45) is -4.87. The van der Waals surface area contributed by atoms with Crippen molar-refractivity contribution in [1.82, 2.24) is 4.98 Å². The molecule has 0 fully saturated rings. The first-order valence-corrected chi connectivity index (χ1v) is 3.35. The number of hydrogen-bond acceptors (Lipinski definition) is 2. The molecule has 0 aliphatic heterocycles. The largest absolute Gasteiger partial charge is 0.396 e. The van der Waals surface area contributed by atoms with Crippen molar-refractivity contribution in [2.75, 3.05) is 5.73 Å². The number of alkyl halides is 3. The molecule has 0 atom stereocenters. The maximum Gasteiger partial charge on any atom is 0.394 e. The molecule has 0 aliphatic carbocycles. The second-order valence-corrected chi connectivity index (χ2v) is 2.49. The van der Waals surface area contributed by atoms with Crippen molar-refractivity contribution in [3.05, 3.63) is 23.8 Å². The summed E-state index contributed by atoms with van der Waals surface area (Å²) >= 11 is 0. The van der Waals surface area contributed by atoms with Crippen LogP contribution in [-0.2, 0) is 6.42 Å². The van der Waals surface area contributed by atoms with E-state index < -0.39 is 18.4 Å². The van der Waals surface area contributed by atoms with E-state index in [0.29, 0.717) is 6.20 Å². The minimum Gasteiger partial charge on any atom is -0.396 e. The molecule has 0 aliphatic rings. The van der Waals surface area contributed by atoms with E-state index in [1.54, 1.807) is 0 Å².